The number of hydrogen-bond donors (Lipinski definition) is 3. The number of anilines is 2. The van der Waals surface area contributed by atoms with Crippen molar-refractivity contribution in [2.45, 2.75) is 26.3 Å². The molecule has 33 heavy (non-hydrogen) atoms. The van der Waals surface area contributed by atoms with Gasteiger partial charge < -0.3 is 25.6 Å². The second-order valence-electron chi connectivity index (χ2n) is 7.49. The highest BCUT2D eigenvalue weighted by Gasteiger charge is 2.25. The standard InChI is InChI=1S/C23H29F2N5O2.HI/c1-3-26-23(27-10-12-32-20-6-4-5-18(14-20)28-16(2)31)29-19-9-11-30(15-19)22-8-7-17(24)13-21(22)25;/h4-8,13-14,19H,3,9-12,15H2,1-2H3,(H,28,31)(H2,26,27,29);1H. The van der Waals surface area contributed by atoms with Crippen molar-refractivity contribution >= 4 is 47.2 Å². The van der Waals surface area contributed by atoms with E-state index in [1.165, 1.54) is 19.1 Å². The summed E-state index contributed by atoms with van der Waals surface area (Å²) in [5.41, 5.74) is 1.09. The minimum Gasteiger partial charge on any atom is -0.492 e. The molecule has 1 aliphatic heterocycles. The number of aliphatic imine (C=N–C) groups is 1. The Kier molecular flexibility index (Phi) is 10.6. The Hall–Kier alpha value is -2.63. The van der Waals surface area contributed by atoms with Crippen molar-refractivity contribution in [3.63, 3.8) is 0 Å². The van der Waals surface area contributed by atoms with Crippen LogP contribution in [0.1, 0.15) is 20.3 Å². The Bertz CT molecular complexity index is 960. The van der Waals surface area contributed by atoms with E-state index in [-0.39, 0.29) is 35.9 Å². The average Bonchev–Trinajstić information content (AvgIpc) is 3.19. The maximum Gasteiger partial charge on any atom is 0.221 e. The molecule has 10 heteroatoms. The fourth-order valence-electron chi connectivity index (χ4n) is 3.54. The number of halogens is 3. The van der Waals surface area contributed by atoms with Crippen molar-refractivity contribution < 1.29 is 18.3 Å². The average molecular weight is 573 g/mol. The molecule has 1 saturated heterocycles. The number of benzene rings is 2. The quantitative estimate of drug-likeness (QED) is 0.194. The molecule has 0 radical (unpaired) electrons. The molecule has 0 aliphatic carbocycles. The Balaban J connectivity index is 0.00000385. The van der Waals surface area contributed by atoms with E-state index in [1.54, 1.807) is 12.1 Å². The fourth-order valence-corrected chi connectivity index (χ4v) is 3.54. The molecular weight excluding hydrogens is 543 g/mol. The van der Waals surface area contributed by atoms with Crippen LogP contribution in [0.4, 0.5) is 20.2 Å². The Morgan fingerprint density at radius 1 is 1.24 bits per heavy atom. The summed E-state index contributed by atoms with van der Waals surface area (Å²) in [7, 11) is 0. The zero-order chi connectivity index (χ0) is 22.9. The Morgan fingerprint density at radius 3 is 2.79 bits per heavy atom. The molecule has 1 fully saturated rings. The minimum absolute atomic E-state index is 0. The van der Waals surface area contributed by atoms with Gasteiger partial charge in [-0.15, -0.1) is 24.0 Å². The van der Waals surface area contributed by atoms with Crippen LogP contribution >= 0.6 is 24.0 Å². The van der Waals surface area contributed by atoms with Gasteiger partial charge in [-0.05, 0) is 37.6 Å². The third-order valence-electron chi connectivity index (χ3n) is 4.91. The van der Waals surface area contributed by atoms with E-state index in [4.69, 9.17) is 4.74 Å². The van der Waals surface area contributed by atoms with Gasteiger partial charge in [0.05, 0.1) is 12.2 Å². The summed E-state index contributed by atoms with van der Waals surface area (Å²) in [6.45, 7) is 6.22. The van der Waals surface area contributed by atoms with Gasteiger partial charge in [-0.2, -0.15) is 0 Å². The molecule has 7 nitrogen and oxygen atoms in total. The second kappa shape index (κ2) is 13.2. The zero-order valence-electron chi connectivity index (χ0n) is 18.7. The minimum atomic E-state index is -0.578. The molecule has 3 N–H and O–H groups in total. The van der Waals surface area contributed by atoms with Gasteiger partial charge in [0.1, 0.15) is 24.0 Å². The third kappa shape index (κ3) is 8.34. The molecule has 0 aromatic heterocycles. The smallest absolute Gasteiger partial charge is 0.221 e. The summed E-state index contributed by atoms with van der Waals surface area (Å²) < 4.78 is 33.0. The summed E-state index contributed by atoms with van der Waals surface area (Å²) in [5, 5.41) is 9.30. The van der Waals surface area contributed by atoms with Gasteiger partial charge in [-0.1, -0.05) is 6.07 Å². The molecule has 1 unspecified atom stereocenters. The van der Waals surface area contributed by atoms with Crippen molar-refractivity contribution in [2.75, 3.05) is 43.0 Å². The molecule has 0 saturated carbocycles. The molecule has 3 rings (SSSR count). The first kappa shape index (κ1) is 26.6. The van der Waals surface area contributed by atoms with Crippen molar-refractivity contribution in [2.24, 2.45) is 4.99 Å². The topological polar surface area (TPSA) is 78.0 Å². The lowest BCUT2D eigenvalue weighted by Gasteiger charge is -2.21. The Morgan fingerprint density at radius 2 is 2.06 bits per heavy atom. The van der Waals surface area contributed by atoms with Crippen LogP contribution in [-0.2, 0) is 4.79 Å². The van der Waals surface area contributed by atoms with Gasteiger partial charge >= 0.3 is 0 Å². The molecule has 2 aromatic rings. The van der Waals surface area contributed by atoms with Crippen LogP contribution in [0.25, 0.3) is 0 Å². The van der Waals surface area contributed by atoms with Crippen LogP contribution in [0.3, 0.4) is 0 Å². The fraction of sp³-hybridized carbons (Fsp3) is 0.391. The van der Waals surface area contributed by atoms with Gasteiger partial charge in [-0.3, -0.25) is 4.79 Å². The first-order valence-corrected chi connectivity index (χ1v) is 10.7. The normalized spacial score (nSPS) is 15.6. The maximum absolute atomic E-state index is 14.1. The first-order chi connectivity index (χ1) is 15.4. The Labute approximate surface area is 210 Å². The highest BCUT2D eigenvalue weighted by atomic mass is 127. The number of guanidine groups is 1. The highest BCUT2D eigenvalue weighted by Crippen LogP contribution is 2.24. The van der Waals surface area contributed by atoms with E-state index in [2.05, 4.69) is 20.9 Å². The first-order valence-electron chi connectivity index (χ1n) is 10.7. The summed E-state index contributed by atoms with van der Waals surface area (Å²) >= 11 is 0. The predicted octanol–water partition coefficient (Wildman–Crippen LogP) is 3.75. The lowest BCUT2D eigenvalue weighted by atomic mass is 10.2. The van der Waals surface area contributed by atoms with Gasteiger partial charge in [-0.25, -0.2) is 13.8 Å². The van der Waals surface area contributed by atoms with Crippen LogP contribution in [-0.4, -0.2) is 50.7 Å². The van der Waals surface area contributed by atoms with Crippen LogP contribution in [0.5, 0.6) is 5.75 Å². The lowest BCUT2D eigenvalue weighted by molar-refractivity contribution is -0.114. The number of carbonyl (C=O) groups excluding carboxylic acids is 1. The molecular formula is C23H30F2IN5O2. The summed E-state index contributed by atoms with van der Waals surface area (Å²) in [4.78, 5) is 17.6. The molecule has 2 aromatic carbocycles. The lowest BCUT2D eigenvalue weighted by Crippen LogP contribution is -2.44. The highest BCUT2D eigenvalue weighted by molar-refractivity contribution is 14.0. The SMILES string of the molecule is CCNC(=NCCOc1cccc(NC(C)=O)c1)NC1CCN(c2ccc(F)cc2F)C1.I. The zero-order valence-corrected chi connectivity index (χ0v) is 21.1. The number of nitrogens with zero attached hydrogens (tertiary/aromatic N) is 2. The maximum atomic E-state index is 14.1. The molecule has 0 spiro atoms. The summed E-state index contributed by atoms with van der Waals surface area (Å²) in [6, 6.07) is 10.9. The van der Waals surface area contributed by atoms with E-state index in [0.29, 0.717) is 55.9 Å². The monoisotopic (exact) mass is 573 g/mol. The van der Waals surface area contributed by atoms with Crippen LogP contribution in [0.2, 0.25) is 0 Å². The van der Waals surface area contributed by atoms with Gasteiger partial charge in [0.15, 0.2) is 5.96 Å². The second-order valence-corrected chi connectivity index (χ2v) is 7.49. The van der Waals surface area contributed by atoms with E-state index in [1.807, 2.05) is 24.0 Å². The van der Waals surface area contributed by atoms with Crippen molar-refractivity contribution in [3.8, 4) is 5.75 Å². The number of hydrogen-bond acceptors (Lipinski definition) is 4. The molecule has 180 valence electrons. The number of amides is 1. The number of carbonyl (C=O) groups is 1. The van der Waals surface area contributed by atoms with E-state index < -0.39 is 11.6 Å². The van der Waals surface area contributed by atoms with E-state index in [9.17, 15) is 13.6 Å². The molecule has 1 aliphatic rings. The van der Waals surface area contributed by atoms with Crippen LogP contribution < -0.4 is 25.6 Å². The summed E-state index contributed by atoms with van der Waals surface area (Å²) in [6.07, 6.45) is 0.813. The third-order valence-corrected chi connectivity index (χ3v) is 4.91. The van der Waals surface area contributed by atoms with Crippen molar-refractivity contribution in [1.29, 1.82) is 0 Å². The van der Waals surface area contributed by atoms with Gasteiger partial charge in [0.25, 0.3) is 0 Å². The van der Waals surface area contributed by atoms with Gasteiger partial charge in [0, 0.05) is 50.4 Å². The van der Waals surface area contributed by atoms with Crippen LogP contribution in [0, 0.1) is 11.6 Å². The van der Waals surface area contributed by atoms with E-state index in [0.717, 1.165) is 12.5 Å². The molecule has 1 atom stereocenters. The molecule has 1 amide bonds. The molecule has 0 bridgehead atoms. The van der Waals surface area contributed by atoms with Crippen molar-refractivity contribution in [3.05, 3.63) is 54.1 Å². The largest absolute Gasteiger partial charge is 0.492 e. The predicted molar refractivity (Wildman–Crippen MR) is 138 cm³/mol. The summed E-state index contributed by atoms with van der Waals surface area (Å²) in [5.74, 6) is 0.0455. The van der Waals surface area contributed by atoms with Gasteiger partial charge in [0.2, 0.25) is 5.91 Å². The number of rotatable bonds is 8. The number of ether oxygens (including phenoxy) is 1. The van der Waals surface area contributed by atoms with Crippen molar-refractivity contribution in [1.82, 2.24) is 10.6 Å². The molecule has 1 heterocycles. The van der Waals surface area contributed by atoms with E-state index >= 15 is 0 Å². The number of nitrogens with one attached hydrogen (secondary N) is 3. The van der Waals surface area contributed by atoms with Crippen LogP contribution in [0.15, 0.2) is 47.5 Å².